The molecule has 5 rings (SSSR count). The second-order valence-corrected chi connectivity index (χ2v) is 7.04. The number of rotatable bonds is 3. The summed E-state index contributed by atoms with van der Waals surface area (Å²) in [6, 6.07) is 9.19. The van der Waals surface area contributed by atoms with Gasteiger partial charge in [0.2, 0.25) is 6.79 Å². The van der Waals surface area contributed by atoms with Crippen molar-refractivity contribution in [1.82, 2.24) is 10.2 Å². The second-order valence-electron chi connectivity index (χ2n) is 7.04. The zero-order chi connectivity index (χ0) is 20.1. The van der Waals surface area contributed by atoms with Crippen LogP contribution in [0.3, 0.4) is 0 Å². The SMILES string of the molecule is O=C1[C@@H](O)[C@H](O)[C@@H](CO)O[C@@H]1c1cc(-c2ccc3c(c2)OCO3)cc2cn[nH]c12. The molecule has 4 atom stereocenters. The lowest BCUT2D eigenvalue weighted by atomic mass is 9.90. The first-order valence-electron chi connectivity index (χ1n) is 9.10. The number of ether oxygens (including phenoxy) is 3. The van der Waals surface area contributed by atoms with Crippen LogP contribution in [0.5, 0.6) is 11.5 Å². The molecule has 3 heterocycles. The van der Waals surface area contributed by atoms with Crippen LogP contribution in [0, 0.1) is 0 Å². The first-order chi connectivity index (χ1) is 14.1. The van der Waals surface area contributed by atoms with Crippen LogP contribution in [0.4, 0.5) is 0 Å². The summed E-state index contributed by atoms with van der Waals surface area (Å²) in [6.07, 6.45) is -3.77. The number of carbonyl (C=O) groups is 1. The normalized spacial score (nSPS) is 26.2. The van der Waals surface area contributed by atoms with E-state index >= 15 is 0 Å². The van der Waals surface area contributed by atoms with Crippen molar-refractivity contribution in [2.75, 3.05) is 13.4 Å². The zero-order valence-corrected chi connectivity index (χ0v) is 15.1. The minimum Gasteiger partial charge on any atom is -0.454 e. The highest BCUT2D eigenvalue weighted by Gasteiger charge is 2.44. The van der Waals surface area contributed by atoms with Crippen LogP contribution in [0.15, 0.2) is 36.5 Å². The Morgan fingerprint density at radius 1 is 1.10 bits per heavy atom. The van der Waals surface area contributed by atoms with Gasteiger partial charge in [0, 0.05) is 10.9 Å². The predicted molar refractivity (Wildman–Crippen MR) is 99.4 cm³/mol. The molecule has 150 valence electrons. The summed E-state index contributed by atoms with van der Waals surface area (Å²) in [5.74, 6) is 0.605. The van der Waals surface area contributed by atoms with Gasteiger partial charge in [0.25, 0.3) is 0 Å². The fraction of sp³-hybridized carbons (Fsp3) is 0.300. The Morgan fingerprint density at radius 3 is 2.76 bits per heavy atom. The van der Waals surface area contributed by atoms with E-state index in [1.807, 2.05) is 18.2 Å². The number of hydrogen-bond acceptors (Lipinski definition) is 8. The summed E-state index contributed by atoms with van der Waals surface area (Å²) in [7, 11) is 0. The van der Waals surface area contributed by atoms with Crippen LogP contribution in [0.1, 0.15) is 11.7 Å². The number of fused-ring (bicyclic) bond motifs is 2. The topological polar surface area (TPSA) is 134 Å². The Balaban J connectivity index is 1.62. The Hall–Kier alpha value is -2.98. The van der Waals surface area contributed by atoms with E-state index in [4.69, 9.17) is 14.2 Å². The quantitative estimate of drug-likeness (QED) is 0.506. The molecule has 3 aromatic rings. The number of Topliss-reactive ketones (excluding diaryl/α,β-unsaturated/α-hetero) is 1. The Kier molecular flexibility index (Phi) is 4.25. The number of aliphatic hydroxyl groups excluding tert-OH is 3. The van der Waals surface area contributed by atoms with Gasteiger partial charge in [-0.05, 0) is 35.4 Å². The van der Waals surface area contributed by atoms with Crippen molar-refractivity contribution < 1.29 is 34.3 Å². The monoisotopic (exact) mass is 398 g/mol. The van der Waals surface area contributed by atoms with Gasteiger partial charge in [-0.15, -0.1) is 0 Å². The van der Waals surface area contributed by atoms with Gasteiger partial charge < -0.3 is 29.5 Å². The molecular formula is C20H18N2O7. The maximum Gasteiger partial charge on any atom is 0.231 e. The van der Waals surface area contributed by atoms with Crippen molar-refractivity contribution >= 4 is 16.7 Å². The highest BCUT2D eigenvalue weighted by Crippen LogP contribution is 2.39. The molecule has 0 saturated carbocycles. The number of nitrogens with zero attached hydrogens (tertiary/aromatic N) is 1. The molecule has 0 bridgehead atoms. The van der Waals surface area contributed by atoms with E-state index in [-0.39, 0.29) is 6.79 Å². The van der Waals surface area contributed by atoms with Crippen LogP contribution in [0.2, 0.25) is 0 Å². The molecule has 0 radical (unpaired) electrons. The molecule has 4 N–H and O–H groups in total. The second kappa shape index (κ2) is 6.82. The van der Waals surface area contributed by atoms with Gasteiger partial charge in [-0.3, -0.25) is 9.89 Å². The number of carbonyl (C=O) groups excluding carboxylic acids is 1. The van der Waals surface area contributed by atoms with Crippen LogP contribution in [-0.2, 0) is 9.53 Å². The molecule has 0 aliphatic carbocycles. The van der Waals surface area contributed by atoms with Crippen molar-refractivity contribution in [3.63, 3.8) is 0 Å². The number of aromatic nitrogens is 2. The van der Waals surface area contributed by atoms with Gasteiger partial charge >= 0.3 is 0 Å². The van der Waals surface area contributed by atoms with Crippen LogP contribution in [-0.4, -0.2) is 63.0 Å². The third-order valence-corrected chi connectivity index (χ3v) is 5.31. The minimum atomic E-state index is -1.65. The average Bonchev–Trinajstić information content (AvgIpc) is 3.40. The largest absolute Gasteiger partial charge is 0.454 e. The third-order valence-electron chi connectivity index (χ3n) is 5.31. The summed E-state index contributed by atoms with van der Waals surface area (Å²) in [4.78, 5) is 12.7. The summed E-state index contributed by atoms with van der Waals surface area (Å²) in [5, 5.41) is 37.2. The van der Waals surface area contributed by atoms with E-state index in [2.05, 4.69) is 10.2 Å². The third kappa shape index (κ3) is 2.87. The minimum absolute atomic E-state index is 0.165. The predicted octanol–water partition coefficient (Wildman–Crippen LogP) is 0.682. The van der Waals surface area contributed by atoms with Crippen molar-refractivity contribution in [3.05, 3.63) is 42.1 Å². The first kappa shape index (κ1) is 18.1. The molecule has 1 saturated heterocycles. The van der Waals surface area contributed by atoms with Crippen LogP contribution < -0.4 is 9.47 Å². The number of aliphatic hydroxyl groups is 3. The van der Waals surface area contributed by atoms with Gasteiger partial charge in [-0.1, -0.05) is 6.07 Å². The van der Waals surface area contributed by atoms with Crippen molar-refractivity contribution in [3.8, 4) is 22.6 Å². The maximum absolute atomic E-state index is 12.7. The molecule has 2 aliphatic rings. The number of H-pyrrole nitrogens is 1. The van der Waals surface area contributed by atoms with E-state index in [0.717, 1.165) is 16.5 Å². The average molecular weight is 398 g/mol. The Labute approximate surface area is 164 Å². The standard InChI is InChI=1S/C20H18N2O7/c23-7-15-17(24)18(25)19(26)20(29-15)12-4-10(3-11-6-21-22-16(11)12)9-1-2-13-14(5-9)28-8-27-13/h1-6,15,17-18,20,23-25H,7-8H2,(H,21,22)/t15-,17-,18+,20-/m1/s1. The Morgan fingerprint density at radius 2 is 1.93 bits per heavy atom. The molecule has 0 spiro atoms. The summed E-state index contributed by atoms with van der Waals surface area (Å²) in [5.41, 5.74) is 2.65. The van der Waals surface area contributed by atoms with Crippen LogP contribution >= 0.6 is 0 Å². The molecule has 0 amide bonds. The molecule has 1 aromatic heterocycles. The first-order valence-corrected chi connectivity index (χ1v) is 9.10. The van der Waals surface area contributed by atoms with Gasteiger partial charge in [0.15, 0.2) is 17.3 Å². The van der Waals surface area contributed by atoms with Gasteiger partial charge in [-0.2, -0.15) is 5.10 Å². The van der Waals surface area contributed by atoms with Gasteiger partial charge in [0.1, 0.15) is 24.4 Å². The van der Waals surface area contributed by atoms with Crippen LogP contribution in [0.25, 0.3) is 22.0 Å². The van der Waals surface area contributed by atoms with E-state index in [1.54, 1.807) is 18.3 Å². The lowest BCUT2D eigenvalue weighted by molar-refractivity contribution is -0.188. The molecule has 29 heavy (non-hydrogen) atoms. The number of benzene rings is 2. The lowest BCUT2D eigenvalue weighted by Gasteiger charge is -2.35. The van der Waals surface area contributed by atoms with E-state index < -0.39 is 36.8 Å². The number of nitrogens with one attached hydrogen (secondary N) is 1. The number of hydrogen-bond donors (Lipinski definition) is 4. The maximum atomic E-state index is 12.7. The number of aromatic amines is 1. The molecule has 9 nitrogen and oxygen atoms in total. The lowest BCUT2D eigenvalue weighted by Crippen LogP contribution is -2.53. The fourth-order valence-corrected chi connectivity index (χ4v) is 3.76. The van der Waals surface area contributed by atoms with E-state index in [9.17, 15) is 20.1 Å². The molecule has 1 fully saturated rings. The molecule has 0 unspecified atom stereocenters. The fourth-order valence-electron chi connectivity index (χ4n) is 3.76. The van der Waals surface area contributed by atoms with E-state index in [0.29, 0.717) is 22.6 Å². The van der Waals surface area contributed by atoms with E-state index in [1.165, 1.54) is 0 Å². The molecule has 9 heteroatoms. The molecule has 2 aliphatic heterocycles. The highest BCUT2D eigenvalue weighted by molar-refractivity contribution is 5.96. The summed E-state index contributed by atoms with van der Waals surface area (Å²) < 4.78 is 16.4. The van der Waals surface area contributed by atoms with Gasteiger partial charge in [-0.25, -0.2) is 0 Å². The number of ketones is 1. The van der Waals surface area contributed by atoms with Crippen molar-refractivity contribution in [2.45, 2.75) is 24.4 Å². The Bertz CT molecular complexity index is 1100. The zero-order valence-electron chi connectivity index (χ0n) is 15.1. The van der Waals surface area contributed by atoms with Crippen molar-refractivity contribution in [2.24, 2.45) is 0 Å². The molecule has 2 aromatic carbocycles. The van der Waals surface area contributed by atoms with Crippen molar-refractivity contribution in [1.29, 1.82) is 0 Å². The smallest absolute Gasteiger partial charge is 0.231 e. The highest BCUT2D eigenvalue weighted by atomic mass is 16.7. The van der Waals surface area contributed by atoms with Gasteiger partial charge in [0.05, 0.1) is 18.3 Å². The summed E-state index contributed by atoms with van der Waals surface area (Å²) in [6.45, 7) is -0.367. The summed E-state index contributed by atoms with van der Waals surface area (Å²) >= 11 is 0. The molecular weight excluding hydrogens is 380 g/mol.